The molecule has 9 amide bonds. The standard InChI is InChI=1S/C81H133F6N13O28/c1-7-23-112-31-39-120-47-51-124-43-35-116-27-11-88-71(103)57-98(58-72(104)89-12-28-117-36-44-125-52-48-121-40-32-113-24-8-2)75(107)61-100(62-76(108)99(59-73(105)90-13-29-118-37-45-126-53-49-122-41-33-114-25-9-3)60-74(106)91-14-30-119-38-46-127-54-50-123-42-34-115-26-10-4)77(109)64-128-68-79(65-80(82,83)84,66-81(85,86)87)67-93-69(101)55-92-70(102)56-96-19-17-94(5)15-16-95(6)18-20-97(22-21-96)63-78(110)111/h1-4H,11-68H2,5-6H3,(H,88,103)(H,89,104)(H,90,105)(H,91,106)(H,92,102)(H,93,101)(H,110,111). The fraction of sp³-hybridized carbons (Fsp3) is 0.778. The van der Waals surface area contributed by atoms with E-state index < -0.39 is 155 Å². The van der Waals surface area contributed by atoms with E-state index in [4.69, 9.17) is 106 Å². The fourth-order valence-electron chi connectivity index (χ4n) is 11.0. The van der Waals surface area contributed by atoms with Crippen molar-refractivity contribution in [3.05, 3.63) is 0 Å². The summed E-state index contributed by atoms with van der Waals surface area (Å²) in [6.07, 6.45) is 5.14. The zero-order valence-corrected chi connectivity index (χ0v) is 73.7. The lowest BCUT2D eigenvalue weighted by atomic mass is 9.81. The van der Waals surface area contributed by atoms with Gasteiger partial charge in [0.1, 0.15) is 72.3 Å². The minimum absolute atomic E-state index is 0.0514. The zero-order chi connectivity index (χ0) is 94.4. The predicted octanol–water partition coefficient (Wildman–Crippen LogP) is -4.56. The molecule has 0 aromatic carbocycles. The molecule has 1 fully saturated rings. The number of terminal acetylenes is 4. The summed E-state index contributed by atoms with van der Waals surface area (Å²) >= 11 is 0. The summed E-state index contributed by atoms with van der Waals surface area (Å²) in [5.41, 5.74) is -3.19. The van der Waals surface area contributed by atoms with E-state index in [1.807, 2.05) is 29.2 Å². The molecule has 0 bridgehead atoms. The van der Waals surface area contributed by atoms with Crippen LogP contribution in [-0.4, -0.2) is 494 Å². The molecule has 0 radical (unpaired) electrons. The van der Waals surface area contributed by atoms with Gasteiger partial charge in [0.05, 0.1) is 224 Å². The van der Waals surface area contributed by atoms with Crippen LogP contribution in [0.3, 0.4) is 0 Å². The third-order valence-electron chi connectivity index (χ3n) is 17.3. The maximum absolute atomic E-state index is 14.8. The summed E-state index contributed by atoms with van der Waals surface area (Å²) in [7, 11) is 3.75. The number of aliphatic carboxylic acids is 1. The number of alkyl halides is 6. The number of nitrogens with one attached hydrogen (secondary N) is 6. The number of hydrogen-bond acceptors (Lipinski definition) is 31. The van der Waals surface area contributed by atoms with Gasteiger partial charge in [-0.15, -0.1) is 25.7 Å². The van der Waals surface area contributed by atoms with Crippen LogP contribution in [-0.2, 0) is 128 Å². The van der Waals surface area contributed by atoms with Crippen LogP contribution in [0, 0.1) is 54.8 Å². The molecule has 1 aliphatic heterocycles. The third-order valence-corrected chi connectivity index (χ3v) is 17.3. The van der Waals surface area contributed by atoms with E-state index in [-0.39, 0.29) is 264 Å². The van der Waals surface area contributed by atoms with Crippen LogP contribution in [0.5, 0.6) is 0 Å². The molecule has 41 nitrogen and oxygen atoms in total. The lowest BCUT2D eigenvalue weighted by Gasteiger charge is -2.35. The highest BCUT2D eigenvalue weighted by atomic mass is 19.4. The molecule has 0 saturated carbocycles. The molecule has 0 aliphatic carbocycles. The first-order valence-electron chi connectivity index (χ1n) is 41.7. The Morgan fingerprint density at radius 1 is 0.320 bits per heavy atom. The summed E-state index contributed by atoms with van der Waals surface area (Å²) < 4.78 is 180. The summed E-state index contributed by atoms with van der Waals surface area (Å²) in [6, 6.07) is 0. The van der Waals surface area contributed by atoms with Gasteiger partial charge in [-0.05, 0) is 14.1 Å². The van der Waals surface area contributed by atoms with Gasteiger partial charge in [-0.1, -0.05) is 23.7 Å². The predicted molar refractivity (Wildman–Crippen MR) is 446 cm³/mol. The lowest BCUT2D eigenvalue weighted by molar-refractivity contribution is -0.205. The molecule has 1 rings (SSSR count). The number of hydrogen-bond donors (Lipinski definition) is 7. The number of likely N-dealkylation sites (N-methyl/N-ethyl adjacent to an activating group) is 2. The van der Waals surface area contributed by atoms with Gasteiger partial charge in [0.15, 0.2) is 0 Å². The molecular weight excluding hydrogens is 1720 g/mol. The van der Waals surface area contributed by atoms with Crippen LogP contribution in [0.1, 0.15) is 12.8 Å². The topological polar surface area (TPSA) is 443 Å². The lowest BCUT2D eigenvalue weighted by Crippen LogP contribution is -2.54. The fourth-order valence-corrected chi connectivity index (χ4v) is 11.0. The number of carbonyl (C=O) groups is 10. The van der Waals surface area contributed by atoms with Crippen molar-refractivity contribution in [2.24, 2.45) is 5.41 Å². The van der Waals surface area contributed by atoms with Crippen molar-refractivity contribution >= 4 is 59.1 Å². The number of halogens is 6. The van der Waals surface area contributed by atoms with Crippen LogP contribution in [0.2, 0.25) is 0 Å². The van der Waals surface area contributed by atoms with E-state index in [0.29, 0.717) is 54.0 Å². The summed E-state index contributed by atoms with van der Waals surface area (Å²) in [5.74, 6) is -1.58. The third kappa shape index (κ3) is 71.5. The molecule has 0 atom stereocenters. The number of nitrogens with zero attached hydrogens (tertiary/aromatic N) is 7. The molecule has 0 aromatic rings. The molecule has 1 aliphatic rings. The SMILES string of the molecule is C#CCOCCOCCOCCOCCNC(=O)CN(CC(=O)NCCOCCOCCOCCOCC#C)C(=O)CN(CC(=O)N(CC(=O)NCCOCCOCCOCCOCC#C)CC(=O)NCCOCCOCCOCCOCC#C)C(=O)COCC(CNC(=O)CNC(=O)CN1CCN(C)CCN(C)CCN(CC(=O)O)CC1)(CC(F)(F)F)CC(F)(F)F. The van der Waals surface area contributed by atoms with Crippen LogP contribution in [0.15, 0.2) is 0 Å². The van der Waals surface area contributed by atoms with Crippen LogP contribution in [0.25, 0.3) is 0 Å². The molecule has 1 heterocycles. The molecule has 7 N–H and O–H groups in total. The Hall–Kier alpha value is -8.32. The van der Waals surface area contributed by atoms with Gasteiger partial charge in [-0.2, -0.15) is 26.3 Å². The largest absolute Gasteiger partial charge is 0.480 e. The van der Waals surface area contributed by atoms with Gasteiger partial charge >= 0.3 is 18.3 Å². The number of ether oxygens (including phenoxy) is 17. The summed E-state index contributed by atoms with van der Waals surface area (Å²) in [4.78, 5) is 147. The Bertz CT molecular complexity index is 2960. The summed E-state index contributed by atoms with van der Waals surface area (Å²) in [5, 5.41) is 24.0. The molecule has 732 valence electrons. The highest BCUT2D eigenvalue weighted by Gasteiger charge is 2.50. The van der Waals surface area contributed by atoms with Crippen LogP contribution in [0.4, 0.5) is 26.3 Å². The van der Waals surface area contributed by atoms with Crippen molar-refractivity contribution in [3.63, 3.8) is 0 Å². The summed E-state index contributed by atoms with van der Waals surface area (Å²) in [6.45, 7) is -5.49. The number of amides is 9. The first kappa shape index (κ1) is 118. The van der Waals surface area contributed by atoms with Gasteiger partial charge < -0.3 is 142 Å². The quantitative estimate of drug-likeness (QED) is 0.0171. The first-order valence-corrected chi connectivity index (χ1v) is 41.7. The van der Waals surface area contributed by atoms with Gasteiger partial charge in [-0.3, -0.25) is 57.7 Å². The molecule has 0 spiro atoms. The second kappa shape index (κ2) is 77.4. The van der Waals surface area contributed by atoms with E-state index in [1.165, 1.54) is 0 Å². The van der Waals surface area contributed by atoms with E-state index in [1.54, 1.807) is 9.80 Å². The van der Waals surface area contributed by atoms with Crippen molar-refractivity contribution < 1.29 is 160 Å². The Labute approximate surface area is 745 Å². The minimum Gasteiger partial charge on any atom is -0.480 e. The average Bonchev–Trinajstić information content (AvgIpc) is 0.812. The van der Waals surface area contributed by atoms with Crippen molar-refractivity contribution in [1.82, 2.24) is 66.2 Å². The maximum Gasteiger partial charge on any atom is 0.389 e. The molecule has 1 saturated heterocycles. The normalized spacial score (nSPS) is 13.3. The Kier molecular flexibility index (Phi) is 71.2. The molecule has 47 heteroatoms. The second-order valence-electron chi connectivity index (χ2n) is 28.2. The number of carbonyl (C=O) groups excluding carboxylic acids is 9. The first-order chi connectivity index (χ1) is 61.5. The van der Waals surface area contributed by atoms with Crippen molar-refractivity contribution in [2.45, 2.75) is 25.2 Å². The average molecular weight is 1850 g/mol. The number of carboxylic acid groups (broad SMARTS) is 1. The van der Waals surface area contributed by atoms with Gasteiger partial charge in [-0.25, -0.2) is 0 Å². The smallest absolute Gasteiger partial charge is 0.389 e. The van der Waals surface area contributed by atoms with Crippen LogP contribution >= 0.6 is 0 Å². The monoisotopic (exact) mass is 1850 g/mol. The van der Waals surface area contributed by atoms with E-state index >= 15 is 0 Å². The van der Waals surface area contributed by atoms with E-state index in [0.717, 1.165) is 0 Å². The number of rotatable bonds is 78. The molecular formula is C81H133F6N13O28. The van der Waals surface area contributed by atoms with Crippen molar-refractivity contribution in [3.8, 4) is 49.4 Å². The van der Waals surface area contributed by atoms with Crippen molar-refractivity contribution in [2.75, 3.05) is 383 Å². The zero-order valence-electron chi connectivity index (χ0n) is 73.7. The van der Waals surface area contributed by atoms with Gasteiger partial charge in [0, 0.05) is 90.5 Å². The van der Waals surface area contributed by atoms with Crippen LogP contribution < -0.4 is 31.9 Å². The second-order valence-corrected chi connectivity index (χ2v) is 28.2. The highest BCUT2D eigenvalue weighted by molar-refractivity contribution is 5.95. The van der Waals surface area contributed by atoms with E-state index in [2.05, 4.69) is 50.3 Å². The molecule has 0 aromatic heterocycles. The van der Waals surface area contributed by atoms with Crippen molar-refractivity contribution in [1.29, 1.82) is 0 Å². The highest BCUT2D eigenvalue weighted by Crippen LogP contribution is 2.42. The Balaban J connectivity index is 3.81. The van der Waals surface area contributed by atoms with E-state index in [9.17, 15) is 79.4 Å². The Morgan fingerprint density at radius 2 is 0.578 bits per heavy atom. The maximum atomic E-state index is 14.8. The van der Waals surface area contributed by atoms with Gasteiger partial charge in [0.2, 0.25) is 53.2 Å². The molecule has 0 unspecified atom stereocenters. The molecule has 128 heavy (non-hydrogen) atoms. The minimum atomic E-state index is -5.44. The Morgan fingerprint density at radius 3 is 0.859 bits per heavy atom. The number of carboxylic acids is 1. The van der Waals surface area contributed by atoms with Gasteiger partial charge in [0.25, 0.3) is 0 Å².